The molecule has 0 aliphatic heterocycles. The quantitative estimate of drug-likeness (QED) is 0.857. The summed E-state index contributed by atoms with van der Waals surface area (Å²) in [7, 11) is 0. The highest BCUT2D eigenvalue weighted by Crippen LogP contribution is 2.17. The molecule has 0 saturated carbocycles. The number of amides is 1. The van der Waals surface area contributed by atoms with Crippen LogP contribution in [0, 0.1) is 0 Å². The molecule has 1 amide bonds. The van der Waals surface area contributed by atoms with E-state index in [9.17, 15) is 4.79 Å². The fraction of sp³-hybridized carbons (Fsp3) is 0.0625. The summed E-state index contributed by atoms with van der Waals surface area (Å²) < 4.78 is 5.69. The normalized spacial score (nSPS) is 10.7. The van der Waals surface area contributed by atoms with Crippen LogP contribution in [0.15, 0.2) is 54.6 Å². The van der Waals surface area contributed by atoms with Crippen LogP contribution in [0.4, 0.5) is 0 Å². The van der Waals surface area contributed by atoms with Crippen LogP contribution in [0.3, 0.4) is 0 Å². The van der Waals surface area contributed by atoms with Crippen molar-refractivity contribution in [2.24, 2.45) is 5.73 Å². The Morgan fingerprint density at radius 2 is 1.95 bits per heavy atom. The monoisotopic (exact) mass is 287 g/mol. The van der Waals surface area contributed by atoms with Gasteiger partial charge in [-0.15, -0.1) is 0 Å². The van der Waals surface area contributed by atoms with Crippen LogP contribution in [0.25, 0.3) is 6.08 Å². The van der Waals surface area contributed by atoms with Gasteiger partial charge in [-0.2, -0.15) is 0 Å². The maximum absolute atomic E-state index is 10.7. The number of ether oxygens (including phenoxy) is 1. The highest BCUT2D eigenvalue weighted by Gasteiger charge is 1.97. The molecule has 2 aromatic rings. The number of halogens is 1. The molecule has 3 nitrogen and oxygen atoms in total. The van der Waals surface area contributed by atoms with Crippen LogP contribution in [0.1, 0.15) is 11.1 Å². The second-order valence-electron chi connectivity index (χ2n) is 4.22. The minimum atomic E-state index is -0.475. The van der Waals surface area contributed by atoms with E-state index in [1.165, 1.54) is 6.08 Å². The number of benzene rings is 2. The van der Waals surface area contributed by atoms with Crippen molar-refractivity contribution < 1.29 is 9.53 Å². The first-order valence-electron chi connectivity index (χ1n) is 6.08. The lowest BCUT2D eigenvalue weighted by atomic mass is 10.2. The molecule has 0 fully saturated rings. The van der Waals surface area contributed by atoms with Crippen molar-refractivity contribution in [2.45, 2.75) is 6.61 Å². The Labute approximate surface area is 122 Å². The van der Waals surface area contributed by atoms with Crippen LogP contribution in [0.2, 0.25) is 5.02 Å². The number of rotatable bonds is 5. The molecular weight excluding hydrogens is 274 g/mol. The van der Waals surface area contributed by atoms with Gasteiger partial charge >= 0.3 is 0 Å². The Balaban J connectivity index is 2.01. The summed E-state index contributed by atoms with van der Waals surface area (Å²) in [4.78, 5) is 10.7. The summed E-state index contributed by atoms with van der Waals surface area (Å²) in [6, 6.07) is 14.9. The number of carbonyl (C=O) groups is 1. The number of carbonyl (C=O) groups excluding carboxylic acids is 1. The lowest BCUT2D eigenvalue weighted by Gasteiger charge is -2.07. The lowest BCUT2D eigenvalue weighted by Crippen LogP contribution is -2.05. The average molecular weight is 288 g/mol. The van der Waals surface area contributed by atoms with Crippen molar-refractivity contribution in [3.05, 3.63) is 70.8 Å². The molecular formula is C16H14ClNO2. The summed E-state index contributed by atoms with van der Waals surface area (Å²) >= 11 is 5.82. The van der Waals surface area contributed by atoms with E-state index in [2.05, 4.69) is 0 Å². The summed E-state index contributed by atoms with van der Waals surface area (Å²) in [6.45, 7) is 0.458. The van der Waals surface area contributed by atoms with Crippen molar-refractivity contribution in [1.29, 1.82) is 0 Å². The molecule has 0 atom stereocenters. The summed E-state index contributed by atoms with van der Waals surface area (Å²) in [5, 5.41) is 0.701. The molecule has 0 heterocycles. The third-order valence-electron chi connectivity index (χ3n) is 2.62. The van der Waals surface area contributed by atoms with Crippen LogP contribution in [-0.2, 0) is 11.4 Å². The number of hydrogen-bond donors (Lipinski definition) is 1. The van der Waals surface area contributed by atoms with Crippen molar-refractivity contribution in [3.63, 3.8) is 0 Å². The zero-order chi connectivity index (χ0) is 14.4. The van der Waals surface area contributed by atoms with Crippen molar-refractivity contribution in [3.8, 4) is 5.75 Å². The Kier molecular flexibility index (Phi) is 4.80. The SMILES string of the molecule is NC(=O)/C=C\c1cccc(OCc2ccc(Cl)cc2)c1. The number of hydrogen-bond acceptors (Lipinski definition) is 2. The highest BCUT2D eigenvalue weighted by molar-refractivity contribution is 6.30. The second kappa shape index (κ2) is 6.78. The topological polar surface area (TPSA) is 52.3 Å². The van der Waals surface area contributed by atoms with E-state index < -0.39 is 5.91 Å². The fourth-order valence-electron chi connectivity index (χ4n) is 1.63. The first-order chi connectivity index (χ1) is 9.63. The maximum atomic E-state index is 10.7. The largest absolute Gasteiger partial charge is 0.489 e. The van der Waals surface area contributed by atoms with E-state index in [4.69, 9.17) is 22.1 Å². The summed E-state index contributed by atoms with van der Waals surface area (Å²) in [6.07, 6.45) is 2.97. The predicted molar refractivity (Wildman–Crippen MR) is 80.5 cm³/mol. The van der Waals surface area contributed by atoms with Gasteiger partial charge in [0.25, 0.3) is 0 Å². The fourth-order valence-corrected chi connectivity index (χ4v) is 1.76. The van der Waals surface area contributed by atoms with E-state index in [0.717, 1.165) is 16.9 Å². The molecule has 0 spiro atoms. The molecule has 0 aliphatic carbocycles. The van der Waals surface area contributed by atoms with Gasteiger partial charge in [-0.3, -0.25) is 4.79 Å². The van der Waals surface area contributed by atoms with Gasteiger partial charge in [0.2, 0.25) is 5.91 Å². The number of primary amides is 1. The van der Waals surface area contributed by atoms with E-state index in [1.54, 1.807) is 6.08 Å². The third-order valence-corrected chi connectivity index (χ3v) is 2.87. The molecule has 0 unspecified atom stereocenters. The van der Waals surface area contributed by atoms with E-state index in [1.807, 2.05) is 48.5 Å². The zero-order valence-electron chi connectivity index (χ0n) is 10.8. The Morgan fingerprint density at radius 1 is 1.20 bits per heavy atom. The van der Waals surface area contributed by atoms with Gasteiger partial charge < -0.3 is 10.5 Å². The van der Waals surface area contributed by atoms with E-state index in [-0.39, 0.29) is 0 Å². The summed E-state index contributed by atoms with van der Waals surface area (Å²) in [5.41, 5.74) is 6.95. The first-order valence-corrected chi connectivity index (χ1v) is 6.46. The molecule has 0 aliphatic rings. The standard InChI is InChI=1S/C16H14ClNO2/c17-14-7-4-13(5-8-14)11-20-15-3-1-2-12(10-15)6-9-16(18)19/h1-10H,11H2,(H2,18,19)/b9-6-. The van der Waals surface area contributed by atoms with Gasteiger partial charge in [-0.05, 0) is 41.5 Å². The zero-order valence-corrected chi connectivity index (χ0v) is 11.5. The molecule has 20 heavy (non-hydrogen) atoms. The van der Waals surface area contributed by atoms with Crippen molar-refractivity contribution >= 4 is 23.6 Å². The van der Waals surface area contributed by atoms with Crippen LogP contribution < -0.4 is 10.5 Å². The van der Waals surface area contributed by atoms with Crippen molar-refractivity contribution in [2.75, 3.05) is 0 Å². The minimum absolute atomic E-state index is 0.458. The smallest absolute Gasteiger partial charge is 0.241 e. The molecule has 4 heteroatoms. The maximum Gasteiger partial charge on any atom is 0.241 e. The van der Waals surface area contributed by atoms with Crippen LogP contribution in [0.5, 0.6) is 5.75 Å². The van der Waals surface area contributed by atoms with E-state index >= 15 is 0 Å². The molecule has 2 rings (SSSR count). The molecule has 2 N–H and O–H groups in total. The summed E-state index contributed by atoms with van der Waals surface area (Å²) in [5.74, 6) is 0.254. The van der Waals surface area contributed by atoms with Gasteiger partial charge in [0.1, 0.15) is 12.4 Å². The Bertz CT molecular complexity index is 621. The van der Waals surface area contributed by atoms with E-state index in [0.29, 0.717) is 11.6 Å². The van der Waals surface area contributed by atoms with Gasteiger partial charge in [-0.25, -0.2) is 0 Å². The third kappa shape index (κ3) is 4.44. The molecule has 2 aromatic carbocycles. The Morgan fingerprint density at radius 3 is 2.65 bits per heavy atom. The van der Waals surface area contributed by atoms with Crippen LogP contribution >= 0.6 is 11.6 Å². The van der Waals surface area contributed by atoms with Crippen LogP contribution in [-0.4, -0.2) is 5.91 Å². The van der Waals surface area contributed by atoms with Gasteiger partial charge in [0.05, 0.1) is 0 Å². The number of nitrogens with two attached hydrogens (primary N) is 1. The molecule has 0 saturated heterocycles. The predicted octanol–water partition coefficient (Wildman–Crippen LogP) is 3.42. The average Bonchev–Trinajstić information content (AvgIpc) is 2.45. The molecule has 102 valence electrons. The highest BCUT2D eigenvalue weighted by atomic mass is 35.5. The Hall–Kier alpha value is -2.26. The van der Waals surface area contributed by atoms with Gasteiger partial charge in [0, 0.05) is 11.1 Å². The molecule has 0 radical (unpaired) electrons. The van der Waals surface area contributed by atoms with Gasteiger partial charge in [0.15, 0.2) is 0 Å². The molecule has 0 aromatic heterocycles. The van der Waals surface area contributed by atoms with Crippen molar-refractivity contribution in [1.82, 2.24) is 0 Å². The van der Waals surface area contributed by atoms with Gasteiger partial charge in [-0.1, -0.05) is 35.9 Å². The molecule has 0 bridgehead atoms. The lowest BCUT2D eigenvalue weighted by molar-refractivity contribution is -0.113. The first kappa shape index (κ1) is 14.2. The second-order valence-corrected chi connectivity index (χ2v) is 4.66. The minimum Gasteiger partial charge on any atom is -0.489 e.